The van der Waals surface area contributed by atoms with E-state index in [0.29, 0.717) is 19.3 Å². The van der Waals surface area contributed by atoms with Crippen molar-refractivity contribution in [3.05, 3.63) is 0 Å². The first kappa shape index (κ1) is 16.4. The maximum atomic E-state index is 11.5. The fraction of sp³-hybridized carbons (Fsp3) is 0.750. The number of carbonyl (C=O) groups is 3. The van der Waals surface area contributed by atoms with Gasteiger partial charge in [0.25, 0.3) is 0 Å². The van der Waals surface area contributed by atoms with Crippen LogP contribution in [0.1, 0.15) is 39.0 Å². The molecule has 0 saturated carbocycles. The Morgan fingerprint density at radius 1 is 1.17 bits per heavy atom. The SMILES string of the molecule is COC(=O)C(CCCCC(=O)O)CC(C)C(=O)O. The largest absolute Gasteiger partial charge is 0.481 e. The van der Waals surface area contributed by atoms with Crippen molar-refractivity contribution in [1.82, 2.24) is 0 Å². The Morgan fingerprint density at radius 2 is 1.78 bits per heavy atom. The lowest BCUT2D eigenvalue weighted by molar-refractivity contribution is -0.148. The summed E-state index contributed by atoms with van der Waals surface area (Å²) in [5.41, 5.74) is 0. The van der Waals surface area contributed by atoms with Crippen LogP contribution < -0.4 is 0 Å². The van der Waals surface area contributed by atoms with E-state index in [0.717, 1.165) is 0 Å². The topological polar surface area (TPSA) is 101 Å². The molecule has 0 bridgehead atoms. The maximum absolute atomic E-state index is 11.5. The van der Waals surface area contributed by atoms with Gasteiger partial charge in [-0.05, 0) is 19.3 Å². The van der Waals surface area contributed by atoms with E-state index in [1.54, 1.807) is 0 Å². The van der Waals surface area contributed by atoms with E-state index in [4.69, 9.17) is 10.2 Å². The van der Waals surface area contributed by atoms with Crippen molar-refractivity contribution in [2.45, 2.75) is 39.0 Å². The first-order chi connectivity index (χ1) is 8.38. The zero-order valence-corrected chi connectivity index (χ0v) is 10.7. The molecule has 0 saturated heterocycles. The van der Waals surface area contributed by atoms with E-state index < -0.39 is 29.7 Å². The molecular formula is C12H20O6. The Hall–Kier alpha value is -1.59. The van der Waals surface area contributed by atoms with E-state index in [1.165, 1.54) is 14.0 Å². The molecule has 0 radical (unpaired) electrons. The summed E-state index contributed by atoms with van der Waals surface area (Å²) in [5.74, 6) is -3.35. The number of carboxylic acids is 2. The average molecular weight is 260 g/mol. The molecule has 0 aliphatic heterocycles. The van der Waals surface area contributed by atoms with Crippen LogP contribution in [0.2, 0.25) is 0 Å². The van der Waals surface area contributed by atoms with Gasteiger partial charge in [0.1, 0.15) is 0 Å². The molecule has 0 heterocycles. The molecule has 0 aliphatic carbocycles. The minimum atomic E-state index is -0.950. The van der Waals surface area contributed by atoms with Crippen molar-refractivity contribution in [2.75, 3.05) is 7.11 Å². The summed E-state index contributed by atoms with van der Waals surface area (Å²) < 4.78 is 4.62. The lowest BCUT2D eigenvalue weighted by Gasteiger charge is -2.16. The second kappa shape index (κ2) is 8.49. The zero-order valence-electron chi connectivity index (χ0n) is 10.7. The number of aliphatic carboxylic acids is 2. The van der Waals surface area contributed by atoms with E-state index in [1.807, 2.05) is 0 Å². The summed E-state index contributed by atoms with van der Waals surface area (Å²) in [5, 5.41) is 17.3. The van der Waals surface area contributed by atoms with Crippen LogP contribution in [-0.2, 0) is 19.1 Å². The molecule has 2 N–H and O–H groups in total. The molecule has 0 aromatic heterocycles. The molecule has 2 unspecified atom stereocenters. The Labute approximate surface area is 106 Å². The predicted molar refractivity (Wildman–Crippen MR) is 63.0 cm³/mol. The van der Waals surface area contributed by atoms with E-state index >= 15 is 0 Å². The van der Waals surface area contributed by atoms with Crippen molar-refractivity contribution in [3.63, 3.8) is 0 Å². The zero-order chi connectivity index (χ0) is 14.1. The highest BCUT2D eigenvalue weighted by Gasteiger charge is 2.24. The van der Waals surface area contributed by atoms with Gasteiger partial charge in [0.15, 0.2) is 0 Å². The molecule has 0 spiro atoms. The van der Waals surface area contributed by atoms with Gasteiger partial charge in [0.2, 0.25) is 0 Å². The molecular weight excluding hydrogens is 240 g/mol. The molecule has 0 amide bonds. The van der Waals surface area contributed by atoms with Gasteiger partial charge in [-0.3, -0.25) is 14.4 Å². The van der Waals surface area contributed by atoms with Gasteiger partial charge in [0.05, 0.1) is 18.9 Å². The molecule has 2 atom stereocenters. The minimum Gasteiger partial charge on any atom is -0.481 e. The number of ether oxygens (including phenoxy) is 1. The fourth-order valence-electron chi connectivity index (χ4n) is 1.69. The maximum Gasteiger partial charge on any atom is 0.308 e. The number of carbonyl (C=O) groups excluding carboxylic acids is 1. The first-order valence-corrected chi connectivity index (χ1v) is 5.90. The molecule has 0 aliphatic rings. The number of carboxylic acid groups (broad SMARTS) is 2. The fourth-order valence-corrected chi connectivity index (χ4v) is 1.69. The third-order valence-corrected chi connectivity index (χ3v) is 2.79. The average Bonchev–Trinajstić information content (AvgIpc) is 2.31. The van der Waals surface area contributed by atoms with Crippen molar-refractivity contribution >= 4 is 17.9 Å². The molecule has 0 aromatic carbocycles. The van der Waals surface area contributed by atoms with Crippen LogP contribution in [0, 0.1) is 11.8 Å². The standard InChI is InChI=1S/C12H20O6/c1-8(11(15)16)7-9(12(17)18-2)5-3-4-6-10(13)14/h8-9H,3-7H2,1-2H3,(H,13,14)(H,15,16). The molecule has 18 heavy (non-hydrogen) atoms. The van der Waals surface area contributed by atoms with Crippen LogP contribution in [0.5, 0.6) is 0 Å². The lowest BCUT2D eigenvalue weighted by atomic mass is 9.91. The Kier molecular flexibility index (Phi) is 7.74. The normalized spacial score (nSPS) is 13.7. The van der Waals surface area contributed by atoms with Gasteiger partial charge in [-0.25, -0.2) is 0 Å². The van der Waals surface area contributed by atoms with Crippen molar-refractivity contribution in [2.24, 2.45) is 11.8 Å². The van der Waals surface area contributed by atoms with E-state index in [9.17, 15) is 14.4 Å². The number of rotatable bonds is 9. The van der Waals surface area contributed by atoms with E-state index in [-0.39, 0.29) is 12.8 Å². The molecule has 0 aromatic rings. The second-order valence-corrected chi connectivity index (χ2v) is 4.33. The van der Waals surface area contributed by atoms with Gasteiger partial charge in [-0.2, -0.15) is 0 Å². The Balaban J connectivity index is 4.19. The minimum absolute atomic E-state index is 0.0579. The van der Waals surface area contributed by atoms with Crippen molar-refractivity contribution in [3.8, 4) is 0 Å². The van der Waals surface area contributed by atoms with Crippen molar-refractivity contribution < 1.29 is 29.3 Å². The van der Waals surface area contributed by atoms with E-state index in [2.05, 4.69) is 4.74 Å². The molecule has 0 fully saturated rings. The van der Waals surface area contributed by atoms with Crippen LogP contribution in [-0.4, -0.2) is 35.2 Å². The summed E-state index contributed by atoms with van der Waals surface area (Å²) in [4.78, 5) is 32.5. The Bertz CT molecular complexity index is 299. The van der Waals surface area contributed by atoms with Gasteiger partial charge >= 0.3 is 17.9 Å². The van der Waals surface area contributed by atoms with Crippen LogP contribution >= 0.6 is 0 Å². The number of esters is 1. The second-order valence-electron chi connectivity index (χ2n) is 4.33. The van der Waals surface area contributed by atoms with Crippen LogP contribution in [0.15, 0.2) is 0 Å². The molecule has 0 rings (SSSR count). The molecule has 6 nitrogen and oxygen atoms in total. The summed E-state index contributed by atoms with van der Waals surface area (Å²) in [7, 11) is 1.26. The number of hydrogen-bond donors (Lipinski definition) is 2. The van der Waals surface area contributed by atoms with Crippen molar-refractivity contribution in [1.29, 1.82) is 0 Å². The predicted octanol–water partition coefficient (Wildman–Crippen LogP) is 1.53. The number of hydrogen-bond acceptors (Lipinski definition) is 4. The highest BCUT2D eigenvalue weighted by atomic mass is 16.5. The first-order valence-electron chi connectivity index (χ1n) is 5.90. The van der Waals surface area contributed by atoms with Gasteiger partial charge in [-0.1, -0.05) is 13.3 Å². The molecule has 6 heteroatoms. The smallest absolute Gasteiger partial charge is 0.308 e. The lowest BCUT2D eigenvalue weighted by Crippen LogP contribution is -2.22. The third kappa shape index (κ3) is 6.88. The van der Waals surface area contributed by atoms with Crippen LogP contribution in [0.3, 0.4) is 0 Å². The monoisotopic (exact) mass is 260 g/mol. The number of methoxy groups -OCH3 is 1. The highest BCUT2D eigenvalue weighted by Crippen LogP contribution is 2.20. The number of unbranched alkanes of at least 4 members (excludes halogenated alkanes) is 1. The van der Waals surface area contributed by atoms with Gasteiger partial charge < -0.3 is 14.9 Å². The molecule has 104 valence electrons. The van der Waals surface area contributed by atoms with Crippen LogP contribution in [0.4, 0.5) is 0 Å². The van der Waals surface area contributed by atoms with Crippen LogP contribution in [0.25, 0.3) is 0 Å². The summed E-state index contributed by atoms with van der Waals surface area (Å²) in [6, 6.07) is 0. The third-order valence-electron chi connectivity index (χ3n) is 2.79. The summed E-state index contributed by atoms with van der Waals surface area (Å²) in [6.45, 7) is 1.54. The summed E-state index contributed by atoms with van der Waals surface area (Å²) in [6.07, 6.45) is 1.78. The Morgan fingerprint density at radius 3 is 2.22 bits per heavy atom. The quantitative estimate of drug-likeness (QED) is 0.481. The van der Waals surface area contributed by atoms with Gasteiger partial charge in [-0.15, -0.1) is 0 Å². The highest BCUT2D eigenvalue weighted by molar-refractivity contribution is 5.74. The van der Waals surface area contributed by atoms with Gasteiger partial charge in [0, 0.05) is 6.42 Å². The summed E-state index contributed by atoms with van der Waals surface area (Å²) >= 11 is 0.